The van der Waals surface area contributed by atoms with Crippen molar-refractivity contribution in [3.8, 4) is 0 Å². The van der Waals surface area contributed by atoms with Gasteiger partial charge in [-0.1, -0.05) is 30.3 Å². The summed E-state index contributed by atoms with van der Waals surface area (Å²) in [5.74, 6) is -0.945. The van der Waals surface area contributed by atoms with E-state index in [2.05, 4.69) is 10.4 Å². The van der Waals surface area contributed by atoms with Crippen LogP contribution in [0.3, 0.4) is 0 Å². The molecular formula is C21H19F2N3O. The molecule has 1 aromatic heterocycles. The monoisotopic (exact) mass is 367 g/mol. The Bertz CT molecular complexity index is 991. The smallest absolute Gasteiger partial charge is 0.248 e. The summed E-state index contributed by atoms with van der Waals surface area (Å²) in [6.45, 7) is 3.88. The zero-order valence-electron chi connectivity index (χ0n) is 15.0. The molecule has 2 aromatic carbocycles. The predicted molar refractivity (Wildman–Crippen MR) is 101 cm³/mol. The summed E-state index contributed by atoms with van der Waals surface area (Å²) >= 11 is 0. The molecule has 6 heteroatoms. The van der Waals surface area contributed by atoms with Crippen LogP contribution in [0.1, 0.15) is 22.5 Å². The van der Waals surface area contributed by atoms with Gasteiger partial charge in [0.25, 0.3) is 0 Å². The lowest BCUT2D eigenvalue weighted by molar-refractivity contribution is -0.111. The lowest BCUT2D eigenvalue weighted by Gasteiger charge is -2.07. The first-order valence-corrected chi connectivity index (χ1v) is 8.46. The van der Waals surface area contributed by atoms with E-state index in [1.165, 1.54) is 24.3 Å². The minimum atomic E-state index is -0.329. The van der Waals surface area contributed by atoms with E-state index in [1.807, 2.05) is 6.92 Å². The third-order valence-corrected chi connectivity index (χ3v) is 4.20. The number of amides is 1. The van der Waals surface area contributed by atoms with Gasteiger partial charge in [0.1, 0.15) is 11.6 Å². The summed E-state index contributed by atoms with van der Waals surface area (Å²) in [6.07, 6.45) is 2.98. The van der Waals surface area contributed by atoms with Gasteiger partial charge in [-0.05, 0) is 43.7 Å². The molecule has 0 unspecified atom stereocenters. The highest BCUT2D eigenvalue weighted by molar-refractivity contribution is 6.02. The molecule has 1 heterocycles. The maximum absolute atomic E-state index is 13.9. The Morgan fingerprint density at radius 1 is 1.11 bits per heavy atom. The zero-order valence-corrected chi connectivity index (χ0v) is 15.0. The van der Waals surface area contributed by atoms with Crippen molar-refractivity contribution in [2.24, 2.45) is 0 Å². The van der Waals surface area contributed by atoms with Crippen molar-refractivity contribution in [1.82, 2.24) is 9.78 Å². The van der Waals surface area contributed by atoms with E-state index in [9.17, 15) is 13.6 Å². The van der Waals surface area contributed by atoms with Crippen molar-refractivity contribution in [3.63, 3.8) is 0 Å². The molecule has 0 saturated heterocycles. The van der Waals surface area contributed by atoms with Crippen LogP contribution in [-0.2, 0) is 11.3 Å². The summed E-state index contributed by atoms with van der Waals surface area (Å²) in [5.41, 5.74) is 3.22. The second-order valence-corrected chi connectivity index (χ2v) is 6.17. The quantitative estimate of drug-likeness (QED) is 0.676. The van der Waals surface area contributed by atoms with Crippen LogP contribution in [0, 0.1) is 25.5 Å². The second-order valence-electron chi connectivity index (χ2n) is 6.17. The number of halogens is 2. The Morgan fingerprint density at radius 2 is 1.81 bits per heavy atom. The SMILES string of the molecule is Cc1nn(Cc2ccccc2F)c(C)c1NC(=O)/C=C/c1ccc(F)cc1. The molecule has 4 nitrogen and oxygen atoms in total. The fourth-order valence-corrected chi connectivity index (χ4v) is 2.73. The number of hydrogen-bond donors (Lipinski definition) is 1. The van der Waals surface area contributed by atoms with E-state index in [4.69, 9.17) is 0 Å². The first-order chi connectivity index (χ1) is 12.9. The van der Waals surface area contributed by atoms with Gasteiger partial charge < -0.3 is 5.32 Å². The average molecular weight is 367 g/mol. The summed E-state index contributed by atoms with van der Waals surface area (Å²) in [7, 11) is 0. The van der Waals surface area contributed by atoms with Crippen molar-refractivity contribution in [1.29, 1.82) is 0 Å². The molecule has 1 amide bonds. The Morgan fingerprint density at radius 3 is 2.52 bits per heavy atom. The van der Waals surface area contributed by atoms with E-state index in [1.54, 1.807) is 48.0 Å². The summed E-state index contributed by atoms with van der Waals surface area (Å²) in [5, 5.41) is 7.20. The molecule has 0 bridgehead atoms. The number of carbonyl (C=O) groups excluding carboxylic acids is 1. The third-order valence-electron chi connectivity index (χ3n) is 4.20. The molecule has 0 atom stereocenters. The highest BCUT2D eigenvalue weighted by Crippen LogP contribution is 2.21. The fourth-order valence-electron chi connectivity index (χ4n) is 2.73. The summed E-state index contributed by atoms with van der Waals surface area (Å²) in [4.78, 5) is 12.2. The number of aromatic nitrogens is 2. The van der Waals surface area contributed by atoms with Crippen LogP contribution in [0.25, 0.3) is 6.08 Å². The van der Waals surface area contributed by atoms with Crippen LogP contribution in [-0.4, -0.2) is 15.7 Å². The molecule has 0 saturated carbocycles. The first-order valence-electron chi connectivity index (χ1n) is 8.46. The molecule has 0 aliphatic heterocycles. The fraction of sp³-hybridized carbons (Fsp3) is 0.143. The van der Waals surface area contributed by atoms with Crippen molar-refractivity contribution >= 4 is 17.7 Å². The number of anilines is 1. The minimum absolute atomic E-state index is 0.278. The molecule has 3 aromatic rings. The number of aryl methyl sites for hydroxylation is 1. The number of rotatable bonds is 5. The second kappa shape index (κ2) is 7.95. The Hall–Kier alpha value is -3.28. The summed E-state index contributed by atoms with van der Waals surface area (Å²) < 4.78 is 28.4. The maximum Gasteiger partial charge on any atom is 0.248 e. The normalized spacial score (nSPS) is 11.1. The van der Waals surface area contributed by atoms with Crippen LogP contribution in [0.2, 0.25) is 0 Å². The van der Waals surface area contributed by atoms with Gasteiger partial charge in [-0.2, -0.15) is 5.10 Å². The molecule has 27 heavy (non-hydrogen) atoms. The van der Waals surface area contributed by atoms with Gasteiger partial charge in [-0.3, -0.25) is 9.48 Å². The van der Waals surface area contributed by atoms with Gasteiger partial charge in [-0.15, -0.1) is 0 Å². The number of benzene rings is 2. The van der Waals surface area contributed by atoms with Crippen LogP contribution in [0.4, 0.5) is 14.5 Å². The van der Waals surface area contributed by atoms with Crippen molar-refractivity contribution < 1.29 is 13.6 Å². The molecule has 0 aliphatic rings. The van der Waals surface area contributed by atoms with Crippen LogP contribution < -0.4 is 5.32 Å². The lowest BCUT2D eigenvalue weighted by atomic mass is 10.2. The van der Waals surface area contributed by atoms with Crippen LogP contribution in [0.15, 0.2) is 54.6 Å². The predicted octanol–water partition coefficient (Wildman–Crippen LogP) is 4.48. The first kappa shape index (κ1) is 18.5. The van der Waals surface area contributed by atoms with E-state index in [0.29, 0.717) is 16.9 Å². The molecule has 0 spiro atoms. The van der Waals surface area contributed by atoms with E-state index >= 15 is 0 Å². The van der Waals surface area contributed by atoms with Crippen molar-refractivity contribution in [2.45, 2.75) is 20.4 Å². The number of nitrogens with one attached hydrogen (secondary N) is 1. The van der Waals surface area contributed by atoms with Gasteiger partial charge >= 0.3 is 0 Å². The highest BCUT2D eigenvalue weighted by atomic mass is 19.1. The van der Waals surface area contributed by atoms with E-state index in [0.717, 1.165) is 11.3 Å². The summed E-state index contributed by atoms with van der Waals surface area (Å²) in [6, 6.07) is 12.4. The van der Waals surface area contributed by atoms with Gasteiger partial charge in [0.2, 0.25) is 5.91 Å². The van der Waals surface area contributed by atoms with E-state index in [-0.39, 0.29) is 24.1 Å². The Balaban J connectivity index is 1.73. The number of hydrogen-bond acceptors (Lipinski definition) is 2. The maximum atomic E-state index is 13.9. The van der Waals surface area contributed by atoms with Gasteiger partial charge in [0.15, 0.2) is 0 Å². The Kier molecular flexibility index (Phi) is 5.45. The van der Waals surface area contributed by atoms with Gasteiger partial charge in [0, 0.05) is 11.6 Å². The van der Waals surface area contributed by atoms with Gasteiger partial charge in [-0.25, -0.2) is 8.78 Å². The molecule has 138 valence electrons. The third kappa shape index (κ3) is 4.47. The molecule has 0 fully saturated rings. The largest absolute Gasteiger partial charge is 0.319 e. The molecule has 0 aliphatic carbocycles. The lowest BCUT2D eigenvalue weighted by Crippen LogP contribution is -2.10. The molecule has 1 N–H and O–H groups in total. The topological polar surface area (TPSA) is 46.9 Å². The van der Waals surface area contributed by atoms with E-state index < -0.39 is 0 Å². The van der Waals surface area contributed by atoms with Crippen LogP contribution in [0.5, 0.6) is 0 Å². The number of carbonyl (C=O) groups is 1. The molecular weight excluding hydrogens is 348 g/mol. The Labute approximate surface area is 156 Å². The van der Waals surface area contributed by atoms with Crippen LogP contribution >= 0.6 is 0 Å². The van der Waals surface area contributed by atoms with Crippen molar-refractivity contribution in [2.75, 3.05) is 5.32 Å². The highest BCUT2D eigenvalue weighted by Gasteiger charge is 2.14. The molecule has 3 rings (SSSR count). The zero-order chi connectivity index (χ0) is 19.4. The standard InChI is InChI=1S/C21H19F2N3O/c1-14-21(24-20(27)12-9-16-7-10-18(22)11-8-16)15(2)26(25-14)13-17-5-3-4-6-19(17)23/h3-12H,13H2,1-2H3,(H,24,27)/b12-9+. The average Bonchev–Trinajstić information content (AvgIpc) is 2.90. The number of nitrogens with zero attached hydrogens (tertiary/aromatic N) is 2. The minimum Gasteiger partial charge on any atom is -0.319 e. The van der Waals surface area contributed by atoms with Crippen molar-refractivity contribution in [3.05, 3.63) is 88.8 Å². The molecule has 0 radical (unpaired) electrons. The van der Waals surface area contributed by atoms with Gasteiger partial charge in [0.05, 0.1) is 23.6 Å².